The van der Waals surface area contributed by atoms with E-state index in [1.54, 1.807) is 13.1 Å². The van der Waals surface area contributed by atoms with Gasteiger partial charge >= 0.3 is 0 Å². The Morgan fingerprint density at radius 2 is 2.17 bits per heavy atom. The molecule has 0 radical (unpaired) electrons. The number of anilines is 3. The van der Waals surface area contributed by atoms with E-state index in [9.17, 15) is 4.79 Å². The Labute approximate surface area is 138 Å². The number of aromatic nitrogens is 2. The van der Waals surface area contributed by atoms with Crippen LogP contribution < -0.4 is 16.4 Å². The number of aryl methyl sites for hydroxylation is 1. The molecule has 1 amide bonds. The van der Waals surface area contributed by atoms with Crippen molar-refractivity contribution in [3.63, 3.8) is 0 Å². The first-order valence-corrected chi connectivity index (χ1v) is 7.38. The Hall–Kier alpha value is -3.35. The highest BCUT2D eigenvalue weighted by atomic mass is 16.3. The van der Waals surface area contributed by atoms with Crippen molar-refractivity contribution < 1.29 is 9.21 Å². The molecule has 0 unspecified atom stereocenters. The number of hydrogen-bond acceptors (Lipinski definition) is 6. The van der Waals surface area contributed by atoms with Gasteiger partial charge in [0.25, 0.3) is 5.91 Å². The van der Waals surface area contributed by atoms with Gasteiger partial charge in [0, 0.05) is 25.4 Å². The second-order valence-corrected chi connectivity index (χ2v) is 5.20. The minimum atomic E-state index is -0.312. The van der Waals surface area contributed by atoms with E-state index in [0.717, 1.165) is 11.3 Å². The van der Waals surface area contributed by atoms with Gasteiger partial charge in [-0.3, -0.25) is 4.79 Å². The normalized spacial score (nSPS) is 10.4. The summed E-state index contributed by atoms with van der Waals surface area (Å²) in [5.41, 5.74) is 8.49. The van der Waals surface area contributed by atoms with Crippen molar-refractivity contribution in [1.29, 1.82) is 0 Å². The third kappa shape index (κ3) is 3.70. The first-order chi connectivity index (χ1) is 11.6. The predicted octanol–water partition coefficient (Wildman–Crippen LogP) is 2.82. The molecule has 0 bridgehead atoms. The van der Waals surface area contributed by atoms with E-state index in [4.69, 9.17) is 10.2 Å². The molecule has 1 aromatic carbocycles. The van der Waals surface area contributed by atoms with Crippen LogP contribution in [0.2, 0.25) is 0 Å². The minimum absolute atomic E-state index is 0.249. The number of carbonyl (C=O) groups excluding carboxylic acids is 1. The van der Waals surface area contributed by atoms with Crippen molar-refractivity contribution in [2.75, 3.05) is 16.4 Å². The molecule has 0 spiro atoms. The van der Waals surface area contributed by atoms with Crippen LogP contribution in [0, 0.1) is 6.92 Å². The topological polar surface area (TPSA) is 106 Å². The minimum Gasteiger partial charge on any atom is -0.448 e. The van der Waals surface area contributed by atoms with E-state index in [1.165, 1.54) is 6.26 Å². The van der Waals surface area contributed by atoms with Gasteiger partial charge in [0.1, 0.15) is 12.1 Å². The van der Waals surface area contributed by atoms with Crippen molar-refractivity contribution >= 4 is 23.1 Å². The monoisotopic (exact) mass is 323 g/mol. The van der Waals surface area contributed by atoms with Gasteiger partial charge in [0.05, 0.1) is 5.69 Å². The molecule has 0 saturated carbocycles. The van der Waals surface area contributed by atoms with Crippen LogP contribution in [0.3, 0.4) is 0 Å². The lowest BCUT2D eigenvalue weighted by molar-refractivity contribution is 0.102. The number of rotatable bonds is 5. The fraction of sp³-hybridized carbons (Fsp3) is 0.118. The Kier molecular flexibility index (Phi) is 4.42. The maximum atomic E-state index is 12.1. The lowest BCUT2D eigenvalue weighted by Crippen LogP contribution is -2.12. The third-order valence-corrected chi connectivity index (χ3v) is 3.36. The molecule has 7 heteroatoms. The summed E-state index contributed by atoms with van der Waals surface area (Å²) >= 11 is 0. The van der Waals surface area contributed by atoms with E-state index < -0.39 is 0 Å². The molecule has 3 rings (SSSR count). The summed E-state index contributed by atoms with van der Waals surface area (Å²) in [6.45, 7) is 2.25. The second kappa shape index (κ2) is 6.82. The molecule has 0 fully saturated rings. The maximum Gasteiger partial charge on any atom is 0.277 e. The summed E-state index contributed by atoms with van der Waals surface area (Å²) in [7, 11) is 0. The number of oxazole rings is 1. The quantitative estimate of drug-likeness (QED) is 0.666. The Balaban J connectivity index is 1.66. The second-order valence-electron chi connectivity index (χ2n) is 5.20. The first kappa shape index (κ1) is 15.5. The molecule has 24 heavy (non-hydrogen) atoms. The Morgan fingerprint density at radius 1 is 1.29 bits per heavy atom. The fourth-order valence-electron chi connectivity index (χ4n) is 2.19. The standard InChI is InChI=1S/C17H17N5O2/c1-11-21-15(10-24-11)17(23)22-13-5-2-4-12(8-13)9-20-14-6-3-7-19-16(14)18/h2-8,10,20H,9H2,1H3,(H2,18,19)(H,22,23). The summed E-state index contributed by atoms with van der Waals surface area (Å²) in [6.07, 6.45) is 2.98. The van der Waals surface area contributed by atoms with E-state index in [1.807, 2.05) is 36.4 Å². The molecule has 2 heterocycles. The Bertz CT molecular complexity index is 859. The number of hydrogen-bond donors (Lipinski definition) is 3. The largest absolute Gasteiger partial charge is 0.448 e. The molecule has 0 atom stereocenters. The summed E-state index contributed by atoms with van der Waals surface area (Å²) in [6, 6.07) is 11.2. The average Bonchev–Trinajstić information content (AvgIpc) is 3.01. The predicted molar refractivity (Wildman–Crippen MR) is 91.6 cm³/mol. The van der Waals surface area contributed by atoms with Gasteiger partial charge in [-0.2, -0.15) is 0 Å². The lowest BCUT2D eigenvalue weighted by Gasteiger charge is -2.10. The molecule has 0 saturated heterocycles. The smallest absolute Gasteiger partial charge is 0.277 e. The molecular formula is C17H17N5O2. The molecule has 4 N–H and O–H groups in total. The number of nitrogens with zero attached hydrogens (tertiary/aromatic N) is 2. The summed E-state index contributed by atoms with van der Waals surface area (Å²) in [5.74, 6) is 0.587. The molecule has 0 aliphatic carbocycles. The number of nitrogens with one attached hydrogen (secondary N) is 2. The van der Waals surface area contributed by atoms with Crippen molar-refractivity contribution in [3.8, 4) is 0 Å². The van der Waals surface area contributed by atoms with Gasteiger partial charge < -0.3 is 20.8 Å². The zero-order chi connectivity index (χ0) is 16.9. The van der Waals surface area contributed by atoms with Crippen LogP contribution >= 0.6 is 0 Å². The first-order valence-electron chi connectivity index (χ1n) is 7.38. The van der Waals surface area contributed by atoms with Crippen LogP contribution in [0.4, 0.5) is 17.2 Å². The number of amides is 1. The molecule has 2 aromatic heterocycles. The van der Waals surface area contributed by atoms with Gasteiger partial charge in [-0.15, -0.1) is 0 Å². The van der Waals surface area contributed by atoms with Gasteiger partial charge in [0.2, 0.25) is 0 Å². The van der Waals surface area contributed by atoms with Crippen molar-refractivity contribution in [2.45, 2.75) is 13.5 Å². The van der Waals surface area contributed by atoms with Gasteiger partial charge in [-0.25, -0.2) is 9.97 Å². The van der Waals surface area contributed by atoms with E-state index >= 15 is 0 Å². The molecule has 3 aromatic rings. The number of benzene rings is 1. The van der Waals surface area contributed by atoms with Crippen LogP contribution in [-0.4, -0.2) is 15.9 Å². The van der Waals surface area contributed by atoms with Gasteiger partial charge in [-0.1, -0.05) is 12.1 Å². The highest BCUT2D eigenvalue weighted by Crippen LogP contribution is 2.17. The van der Waals surface area contributed by atoms with Gasteiger partial charge in [0.15, 0.2) is 11.6 Å². The number of pyridine rings is 1. The Morgan fingerprint density at radius 3 is 2.92 bits per heavy atom. The number of nitrogen functional groups attached to an aromatic ring is 1. The highest BCUT2D eigenvalue weighted by molar-refractivity contribution is 6.02. The van der Waals surface area contributed by atoms with Crippen LogP contribution in [0.5, 0.6) is 0 Å². The van der Waals surface area contributed by atoms with E-state index in [2.05, 4.69) is 20.6 Å². The van der Waals surface area contributed by atoms with Gasteiger partial charge in [-0.05, 0) is 29.8 Å². The molecule has 122 valence electrons. The van der Waals surface area contributed by atoms with Crippen LogP contribution in [0.15, 0.2) is 53.3 Å². The summed E-state index contributed by atoms with van der Waals surface area (Å²) < 4.78 is 5.05. The fourth-order valence-corrected chi connectivity index (χ4v) is 2.19. The maximum absolute atomic E-state index is 12.1. The molecule has 7 nitrogen and oxygen atoms in total. The summed E-state index contributed by atoms with van der Waals surface area (Å²) in [4.78, 5) is 20.1. The summed E-state index contributed by atoms with van der Waals surface area (Å²) in [5, 5.41) is 6.01. The zero-order valence-electron chi connectivity index (χ0n) is 13.1. The van der Waals surface area contributed by atoms with Crippen molar-refractivity contribution in [2.24, 2.45) is 0 Å². The SMILES string of the molecule is Cc1nc(C(=O)Nc2cccc(CNc3cccnc3N)c2)co1. The lowest BCUT2D eigenvalue weighted by atomic mass is 10.2. The number of nitrogens with two attached hydrogens (primary N) is 1. The molecular weight excluding hydrogens is 306 g/mol. The van der Waals surface area contributed by atoms with Crippen molar-refractivity contribution in [3.05, 3.63) is 66.0 Å². The van der Waals surface area contributed by atoms with Crippen molar-refractivity contribution in [1.82, 2.24) is 9.97 Å². The highest BCUT2D eigenvalue weighted by Gasteiger charge is 2.11. The zero-order valence-corrected chi connectivity index (χ0v) is 13.1. The molecule has 0 aliphatic rings. The van der Waals surface area contributed by atoms with Crippen LogP contribution in [-0.2, 0) is 6.54 Å². The van der Waals surface area contributed by atoms with Crippen LogP contribution in [0.1, 0.15) is 21.9 Å². The average molecular weight is 323 g/mol. The van der Waals surface area contributed by atoms with E-state index in [-0.39, 0.29) is 11.6 Å². The molecule has 0 aliphatic heterocycles. The van der Waals surface area contributed by atoms with Crippen LogP contribution in [0.25, 0.3) is 0 Å². The third-order valence-electron chi connectivity index (χ3n) is 3.36. The van der Waals surface area contributed by atoms with E-state index in [0.29, 0.717) is 23.9 Å². The number of carbonyl (C=O) groups is 1.